The van der Waals surface area contributed by atoms with Crippen LogP contribution in [0.15, 0.2) is 42.6 Å². The molecule has 126 valence electrons. The monoisotopic (exact) mass is 347 g/mol. The first-order valence-corrected chi connectivity index (χ1v) is 6.42. The van der Waals surface area contributed by atoms with Crippen molar-refractivity contribution in [2.45, 2.75) is 12.5 Å². The van der Waals surface area contributed by atoms with Gasteiger partial charge in [-0.25, -0.2) is 0 Å². The van der Waals surface area contributed by atoms with E-state index in [-0.39, 0.29) is 5.65 Å². The van der Waals surface area contributed by atoms with Crippen LogP contribution in [0.25, 0.3) is 16.8 Å². The van der Waals surface area contributed by atoms with Gasteiger partial charge in [-0.3, -0.25) is 4.40 Å². The third-order valence-electron chi connectivity index (χ3n) is 3.09. The fourth-order valence-corrected chi connectivity index (χ4v) is 2.17. The molecule has 0 saturated carbocycles. The summed E-state index contributed by atoms with van der Waals surface area (Å²) in [4.78, 5) is 0. The number of hydrogen-bond acceptors (Lipinski definition) is 3. The van der Waals surface area contributed by atoms with Crippen molar-refractivity contribution in [1.29, 1.82) is 0 Å². The zero-order valence-electron chi connectivity index (χ0n) is 11.6. The number of halogens is 6. The lowest BCUT2D eigenvalue weighted by atomic mass is 10.1. The Kier molecular flexibility index (Phi) is 3.61. The molecule has 0 fully saturated rings. The van der Waals surface area contributed by atoms with Gasteiger partial charge in [0, 0.05) is 11.8 Å². The maximum atomic E-state index is 12.8. The fourth-order valence-electron chi connectivity index (χ4n) is 2.17. The molecular formula is C14H7F6N3O. The van der Waals surface area contributed by atoms with E-state index >= 15 is 0 Å². The Labute approximate surface area is 130 Å². The van der Waals surface area contributed by atoms with Crippen molar-refractivity contribution in [3.8, 4) is 16.9 Å². The highest BCUT2D eigenvalue weighted by Crippen LogP contribution is 2.32. The molecule has 3 rings (SSSR count). The molecule has 2 heterocycles. The third kappa shape index (κ3) is 3.12. The van der Waals surface area contributed by atoms with Crippen LogP contribution >= 0.6 is 0 Å². The van der Waals surface area contributed by atoms with Crippen LogP contribution in [0.5, 0.6) is 5.75 Å². The minimum atomic E-state index is -4.82. The van der Waals surface area contributed by atoms with Gasteiger partial charge >= 0.3 is 12.5 Å². The molecule has 0 unspecified atom stereocenters. The number of benzene rings is 1. The van der Waals surface area contributed by atoms with Crippen LogP contribution < -0.4 is 4.74 Å². The van der Waals surface area contributed by atoms with Crippen LogP contribution in [0.1, 0.15) is 5.82 Å². The second-order valence-corrected chi connectivity index (χ2v) is 4.71. The van der Waals surface area contributed by atoms with Gasteiger partial charge in [0.25, 0.3) is 0 Å². The summed E-state index contributed by atoms with van der Waals surface area (Å²) < 4.78 is 79.5. The lowest BCUT2D eigenvalue weighted by molar-refractivity contribution is -0.274. The first-order valence-electron chi connectivity index (χ1n) is 6.42. The van der Waals surface area contributed by atoms with Crippen LogP contribution in [0, 0.1) is 0 Å². The summed E-state index contributed by atoms with van der Waals surface area (Å²) in [6.07, 6.45) is -8.35. The first-order chi connectivity index (χ1) is 11.1. The van der Waals surface area contributed by atoms with Gasteiger partial charge in [0.2, 0.25) is 5.82 Å². The van der Waals surface area contributed by atoms with Gasteiger partial charge in [-0.15, -0.1) is 23.4 Å². The third-order valence-corrected chi connectivity index (χ3v) is 3.09. The molecule has 0 radical (unpaired) electrons. The molecule has 4 nitrogen and oxygen atoms in total. The van der Waals surface area contributed by atoms with Crippen molar-refractivity contribution in [2.75, 3.05) is 0 Å². The number of alkyl halides is 6. The molecule has 1 aromatic carbocycles. The first kappa shape index (κ1) is 16.1. The van der Waals surface area contributed by atoms with Gasteiger partial charge in [-0.2, -0.15) is 13.2 Å². The van der Waals surface area contributed by atoms with Crippen molar-refractivity contribution in [3.05, 3.63) is 48.4 Å². The topological polar surface area (TPSA) is 39.4 Å². The van der Waals surface area contributed by atoms with Crippen LogP contribution in [0.4, 0.5) is 26.3 Å². The van der Waals surface area contributed by atoms with Crippen molar-refractivity contribution in [3.63, 3.8) is 0 Å². The SMILES string of the molecule is FC(F)(F)Oc1ccc(-c2cccn3c(C(F)(F)F)nnc23)cc1. The zero-order valence-corrected chi connectivity index (χ0v) is 11.6. The van der Waals surface area contributed by atoms with E-state index in [0.29, 0.717) is 11.1 Å². The van der Waals surface area contributed by atoms with Gasteiger partial charge < -0.3 is 4.74 Å². The number of pyridine rings is 1. The molecule has 0 spiro atoms. The molecule has 0 atom stereocenters. The van der Waals surface area contributed by atoms with E-state index in [4.69, 9.17) is 0 Å². The molecule has 2 aromatic heterocycles. The van der Waals surface area contributed by atoms with E-state index < -0.39 is 24.1 Å². The normalized spacial score (nSPS) is 12.6. The standard InChI is InChI=1S/C14H7F6N3O/c15-13(16,17)12-22-21-11-10(2-1-7-23(11)12)8-3-5-9(6-4-8)24-14(18,19)20/h1-7H. The molecule has 3 aromatic rings. The average molecular weight is 347 g/mol. The van der Waals surface area contributed by atoms with Crippen LogP contribution in [0.3, 0.4) is 0 Å². The van der Waals surface area contributed by atoms with Crippen molar-refractivity contribution < 1.29 is 31.1 Å². The van der Waals surface area contributed by atoms with Gasteiger partial charge in [0.1, 0.15) is 5.75 Å². The highest BCUT2D eigenvalue weighted by Gasteiger charge is 2.37. The fraction of sp³-hybridized carbons (Fsp3) is 0.143. The van der Waals surface area contributed by atoms with E-state index in [1.165, 1.54) is 24.3 Å². The van der Waals surface area contributed by atoms with E-state index in [2.05, 4.69) is 14.9 Å². The van der Waals surface area contributed by atoms with Gasteiger partial charge in [0.05, 0.1) is 0 Å². The van der Waals surface area contributed by atoms with E-state index in [1.54, 1.807) is 0 Å². The lowest BCUT2D eigenvalue weighted by Gasteiger charge is -2.10. The molecule has 24 heavy (non-hydrogen) atoms. The number of hydrogen-bond donors (Lipinski definition) is 0. The second-order valence-electron chi connectivity index (χ2n) is 4.71. The Balaban J connectivity index is 2.02. The Bertz CT molecular complexity index is 867. The maximum Gasteiger partial charge on any atom is 0.573 e. The summed E-state index contributed by atoms with van der Waals surface area (Å²) in [6, 6.07) is 7.56. The lowest BCUT2D eigenvalue weighted by Crippen LogP contribution is -2.16. The average Bonchev–Trinajstić information content (AvgIpc) is 2.90. The molecule has 0 N–H and O–H groups in total. The van der Waals surface area contributed by atoms with E-state index in [1.807, 2.05) is 0 Å². The number of nitrogens with zero attached hydrogens (tertiary/aromatic N) is 3. The predicted octanol–water partition coefficient (Wildman–Crippen LogP) is 4.31. The Morgan fingerprint density at radius 3 is 2.12 bits per heavy atom. The quantitative estimate of drug-likeness (QED) is 0.649. The van der Waals surface area contributed by atoms with Crippen molar-refractivity contribution in [1.82, 2.24) is 14.6 Å². The smallest absolute Gasteiger partial charge is 0.406 e. The van der Waals surface area contributed by atoms with Crippen molar-refractivity contribution in [2.24, 2.45) is 0 Å². The zero-order chi connectivity index (χ0) is 17.5. The predicted molar refractivity (Wildman–Crippen MR) is 70.1 cm³/mol. The summed E-state index contributed by atoms with van der Waals surface area (Å²) in [6.45, 7) is 0. The summed E-state index contributed by atoms with van der Waals surface area (Å²) in [5.74, 6) is -1.62. The molecule has 0 aliphatic rings. The highest BCUT2D eigenvalue weighted by atomic mass is 19.4. The Hall–Kier alpha value is -2.78. The van der Waals surface area contributed by atoms with Crippen LogP contribution in [-0.2, 0) is 6.18 Å². The summed E-state index contributed by atoms with van der Waals surface area (Å²) in [7, 11) is 0. The van der Waals surface area contributed by atoms with Gasteiger partial charge in [-0.05, 0) is 29.8 Å². The van der Waals surface area contributed by atoms with Crippen LogP contribution in [-0.4, -0.2) is 21.0 Å². The summed E-state index contributed by atoms with van der Waals surface area (Å²) >= 11 is 0. The maximum absolute atomic E-state index is 12.8. The molecule has 0 bridgehead atoms. The minimum Gasteiger partial charge on any atom is -0.406 e. The molecule has 10 heteroatoms. The Morgan fingerprint density at radius 2 is 1.54 bits per heavy atom. The molecule has 0 amide bonds. The second kappa shape index (κ2) is 5.39. The number of ether oxygens (including phenoxy) is 1. The molecule has 0 aliphatic heterocycles. The Morgan fingerprint density at radius 1 is 0.875 bits per heavy atom. The molecular weight excluding hydrogens is 340 g/mol. The number of aromatic nitrogens is 3. The summed E-state index contributed by atoms with van der Waals surface area (Å²) in [5.41, 5.74) is 0.602. The molecule has 0 aliphatic carbocycles. The van der Waals surface area contributed by atoms with Gasteiger partial charge in [0.15, 0.2) is 5.65 Å². The summed E-state index contributed by atoms with van der Waals surface area (Å²) in [5, 5.41) is 6.66. The van der Waals surface area contributed by atoms with Crippen LogP contribution in [0.2, 0.25) is 0 Å². The largest absolute Gasteiger partial charge is 0.573 e. The molecule has 0 saturated heterocycles. The van der Waals surface area contributed by atoms with E-state index in [0.717, 1.165) is 22.7 Å². The van der Waals surface area contributed by atoms with Gasteiger partial charge in [-0.1, -0.05) is 12.1 Å². The number of fused-ring (bicyclic) bond motifs is 1. The van der Waals surface area contributed by atoms with Crippen molar-refractivity contribution >= 4 is 5.65 Å². The van der Waals surface area contributed by atoms with E-state index in [9.17, 15) is 26.3 Å². The minimum absolute atomic E-state index is 0.0608. The highest BCUT2D eigenvalue weighted by molar-refractivity contribution is 5.77. The number of rotatable bonds is 2.